The van der Waals surface area contributed by atoms with E-state index in [1.807, 2.05) is 0 Å². The number of aliphatic hydroxyl groups is 1. The minimum atomic E-state index is -1.08. The molecule has 0 spiro atoms. The number of anilines is 2. The third-order valence-electron chi connectivity index (χ3n) is 5.53. The molecule has 0 saturated carbocycles. The highest BCUT2D eigenvalue weighted by molar-refractivity contribution is 6.30. The van der Waals surface area contributed by atoms with Gasteiger partial charge >= 0.3 is 6.03 Å². The fourth-order valence-corrected chi connectivity index (χ4v) is 3.83. The molecule has 33 heavy (non-hydrogen) atoms. The lowest BCUT2D eigenvalue weighted by molar-refractivity contribution is -0.117. The Morgan fingerprint density at radius 2 is 1.58 bits per heavy atom. The van der Waals surface area contributed by atoms with Crippen molar-refractivity contribution in [1.82, 2.24) is 10.2 Å². The second kappa shape index (κ2) is 12.5. The summed E-state index contributed by atoms with van der Waals surface area (Å²) in [6.07, 6.45) is 4.90. The van der Waals surface area contributed by atoms with Crippen molar-refractivity contribution in [1.29, 1.82) is 0 Å². The van der Waals surface area contributed by atoms with Crippen LogP contribution in [-0.2, 0) is 4.79 Å². The number of nitrogens with zero attached hydrogens (tertiary/aromatic N) is 1. The number of rotatable bonds is 7. The summed E-state index contributed by atoms with van der Waals surface area (Å²) in [5.41, 5.74) is 1.49. The first kappa shape index (κ1) is 25.0. The van der Waals surface area contributed by atoms with Crippen LogP contribution in [0.2, 0.25) is 5.02 Å². The zero-order chi connectivity index (χ0) is 23.6. The van der Waals surface area contributed by atoms with Crippen molar-refractivity contribution in [2.45, 2.75) is 38.2 Å². The Morgan fingerprint density at radius 1 is 0.970 bits per heavy atom. The molecule has 1 heterocycles. The van der Waals surface area contributed by atoms with Crippen molar-refractivity contribution in [2.24, 2.45) is 0 Å². The average Bonchev–Trinajstić information content (AvgIpc) is 2.77. The van der Waals surface area contributed by atoms with Crippen molar-refractivity contribution in [3.8, 4) is 0 Å². The Bertz CT molecular complexity index is 934. The molecule has 0 bridgehead atoms. The average molecular weight is 477 g/mol. The molecular weight excluding hydrogens is 447 g/mol. The second-order valence-electron chi connectivity index (χ2n) is 8.19. The van der Waals surface area contributed by atoms with E-state index in [0.717, 1.165) is 32.0 Å². The van der Waals surface area contributed by atoms with Gasteiger partial charge in [-0.1, -0.05) is 36.9 Å². The molecule has 178 valence electrons. The quantitative estimate of drug-likeness (QED) is 0.472. The van der Waals surface area contributed by atoms with Crippen LogP contribution < -0.4 is 16.0 Å². The lowest BCUT2D eigenvalue weighted by Gasteiger charge is -2.23. The number of aliphatic hydroxyl groups excluding tert-OH is 1. The van der Waals surface area contributed by atoms with Gasteiger partial charge in [0.1, 0.15) is 5.82 Å². The van der Waals surface area contributed by atoms with Crippen LogP contribution in [0.25, 0.3) is 0 Å². The summed E-state index contributed by atoms with van der Waals surface area (Å²) in [7, 11) is 0. The van der Waals surface area contributed by atoms with Gasteiger partial charge in [0, 0.05) is 17.9 Å². The van der Waals surface area contributed by atoms with Crippen molar-refractivity contribution in [3.63, 3.8) is 0 Å². The van der Waals surface area contributed by atoms with E-state index in [0.29, 0.717) is 23.5 Å². The molecule has 1 aliphatic rings. The molecule has 4 N–H and O–H groups in total. The Balaban J connectivity index is 1.42. The van der Waals surface area contributed by atoms with Crippen LogP contribution in [-0.4, -0.2) is 48.1 Å². The molecular formula is C24H30ClFN4O3. The van der Waals surface area contributed by atoms with Crippen LogP contribution in [0.5, 0.6) is 0 Å². The molecule has 7 nitrogen and oxygen atoms in total. The summed E-state index contributed by atoms with van der Waals surface area (Å²) in [5, 5.41) is 18.2. The highest BCUT2D eigenvalue weighted by Crippen LogP contribution is 2.20. The Kier molecular flexibility index (Phi) is 9.47. The molecule has 1 aliphatic heterocycles. The summed E-state index contributed by atoms with van der Waals surface area (Å²) < 4.78 is 13.5. The smallest absolute Gasteiger partial charge is 0.319 e. The van der Waals surface area contributed by atoms with E-state index >= 15 is 0 Å². The molecule has 1 unspecified atom stereocenters. The van der Waals surface area contributed by atoms with Gasteiger partial charge in [-0.15, -0.1) is 0 Å². The van der Waals surface area contributed by atoms with E-state index < -0.39 is 18.0 Å². The first-order chi connectivity index (χ1) is 15.9. The fourth-order valence-electron chi connectivity index (χ4n) is 3.71. The van der Waals surface area contributed by atoms with Gasteiger partial charge in [0.15, 0.2) is 0 Å². The number of carbonyl (C=O) groups is 2. The summed E-state index contributed by atoms with van der Waals surface area (Å²) in [5.74, 6) is -0.687. The molecule has 1 atom stereocenters. The maximum atomic E-state index is 13.5. The molecule has 2 aromatic carbocycles. The standard InChI is InChI=1S/C24H30ClFN4O3/c25-20-11-6-17(14-21(20)26)22(31)15-27-24(33)29-19-9-7-18(8-10-19)28-23(32)16-30-12-4-2-1-3-5-13-30/h6-11,14,22,31H,1-5,12-13,15-16H2,(H,28,32)(H2,27,29,33). The summed E-state index contributed by atoms with van der Waals surface area (Å²) in [6.45, 7) is 2.18. The van der Waals surface area contributed by atoms with Gasteiger partial charge in [-0.05, 0) is 67.9 Å². The minimum absolute atomic E-state index is 0.0337. The highest BCUT2D eigenvalue weighted by Gasteiger charge is 2.14. The Morgan fingerprint density at radius 3 is 2.21 bits per heavy atom. The van der Waals surface area contributed by atoms with Gasteiger partial charge in [-0.2, -0.15) is 0 Å². The van der Waals surface area contributed by atoms with Gasteiger partial charge in [0.05, 0.1) is 17.7 Å². The second-order valence-corrected chi connectivity index (χ2v) is 8.60. The highest BCUT2D eigenvalue weighted by atomic mass is 35.5. The Hall–Kier alpha value is -2.68. The van der Waals surface area contributed by atoms with E-state index in [9.17, 15) is 19.1 Å². The summed E-state index contributed by atoms with van der Waals surface area (Å²) >= 11 is 5.64. The molecule has 0 aromatic heterocycles. The number of hydrogen-bond donors (Lipinski definition) is 4. The van der Waals surface area contributed by atoms with Crippen LogP contribution >= 0.6 is 11.6 Å². The normalized spacial score (nSPS) is 15.7. The minimum Gasteiger partial charge on any atom is -0.387 e. The predicted octanol–water partition coefficient (Wildman–Crippen LogP) is 4.54. The molecule has 1 fully saturated rings. The van der Waals surface area contributed by atoms with E-state index in [4.69, 9.17) is 11.6 Å². The fraction of sp³-hybridized carbons (Fsp3) is 0.417. The van der Waals surface area contributed by atoms with E-state index in [1.165, 1.54) is 31.4 Å². The van der Waals surface area contributed by atoms with Crippen LogP contribution in [0.15, 0.2) is 42.5 Å². The monoisotopic (exact) mass is 476 g/mol. The first-order valence-electron chi connectivity index (χ1n) is 11.2. The number of hydrogen-bond acceptors (Lipinski definition) is 4. The number of amides is 3. The van der Waals surface area contributed by atoms with E-state index in [2.05, 4.69) is 20.9 Å². The van der Waals surface area contributed by atoms with Crippen molar-refractivity contribution >= 4 is 34.9 Å². The van der Waals surface area contributed by atoms with Crippen molar-refractivity contribution < 1.29 is 19.1 Å². The maximum absolute atomic E-state index is 13.5. The number of urea groups is 1. The number of nitrogens with one attached hydrogen (secondary N) is 3. The topological polar surface area (TPSA) is 93.7 Å². The van der Waals surface area contributed by atoms with Crippen LogP contribution in [0.1, 0.15) is 43.8 Å². The van der Waals surface area contributed by atoms with Gasteiger partial charge in [-0.3, -0.25) is 9.69 Å². The number of carbonyl (C=O) groups excluding carboxylic acids is 2. The molecule has 2 aromatic rings. The Labute approximate surface area is 198 Å². The SMILES string of the molecule is O=C(CN1CCCCCCC1)Nc1ccc(NC(=O)NCC(O)c2ccc(Cl)c(F)c2)cc1. The zero-order valence-electron chi connectivity index (χ0n) is 18.4. The zero-order valence-corrected chi connectivity index (χ0v) is 19.2. The van der Waals surface area contributed by atoms with Crippen molar-refractivity contribution in [3.05, 3.63) is 58.9 Å². The molecule has 0 radical (unpaired) electrons. The summed E-state index contributed by atoms with van der Waals surface area (Å²) in [6, 6.07) is 10.2. The molecule has 3 amide bonds. The number of benzene rings is 2. The largest absolute Gasteiger partial charge is 0.387 e. The van der Waals surface area contributed by atoms with Gasteiger partial charge < -0.3 is 21.1 Å². The lowest BCUT2D eigenvalue weighted by atomic mass is 10.1. The summed E-state index contributed by atoms with van der Waals surface area (Å²) in [4.78, 5) is 26.7. The van der Waals surface area contributed by atoms with Crippen LogP contribution in [0.3, 0.4) is 0 Å². The van der Waals surface area contributed by atoms with E-state index in [-0.39, 0.29) is 17.5 Å². The molecule has 9 heteroatoms. The first-order valence-corrected chi connectivity index (χ1v) is 11.6. The lowest BCUT2D eigenvalue weighted by Crippen LogP contribution is -2.35. The van der Waals surface area contributed by atoms with E-state index in [1.54, 1.807) is 24.3 Å². The van der Waals surface area contributed by atoms with Gasteiger partial charge in [-0.25, -0.2) is 9.18 Å². The number of likely N-dealkylation sites (tertiary alicyclic amines) is 1. The molecule has 3 rings (SSSR count). The predicted molar refractivity (Wildman–Crippen MR) is 128 cm³/mol. The third kappa shape index (κ3) is 8.31. The maximum Gasteiger partial charge on any atom is 0.319 e. The number of halogens is 2. The van der Waals surface area contributed by atoms with Gasteiger partial charge in [0.2, 0.25) is 5.91 Å². The molecule has 1 saturated heterocycles. The molecule has 0 aliphatic carbocycles. The van der Waals surface area contributed by atoms with Crippen LogP contribution in [0, 0.1) is 5.82 Å². The van der Waals surface area contributed by atoms with Crippen LogP contribution in [0.4, 0.5) is 20.6 Å². The van der Waals surface area contributed by atoms with Crippen molar-refractivity contribution in [2.75, 3.05) is 36.8 Å². The van der Waals surface area contributed by atoms with Gasteiger partial charge in [0.25, 0.3) is 0 Å². The third-order valence-corrected chi connectivity index (χ3v) is 5.83.